The molecule has 0 aliphatic carbocycles. The third-order valence-electron chi connectivity index (χ3n) is 2.78. The van der Waals surface area contributed by atoms with Crippen molar-refractivity contribution in [2.75, 3.05) is 7.11 Å². The summed E-state index contributed by atoms with van der Waals surface area (Å²) in [5, 5.41) is 0.138. The highest BCUT2D eigenvalue weighted by Gasteiger charge is 2.18. The third-order valence-corrected chi connectivity index (χ3v) is 4.45. The monoisotopic (exact) mass is 329 g/mol. The van der Waals surface area contributed by atoms with Crippen molar-refractivity contribution in [2.45, 2.75) is 11.4 Å². The van der Waals surface area contributed by atoms with Crippen LogP contribution in [0.1, 0.15) is 5.56 Å². The summed E-state index contributed by atoms with van der Waals surface area (Å²) in [5.74, 6) is -0.273. The highest BCUT2D eigenvalue weighted by atomic mass is 35.5. The number of benzene rings is 2. The maximum atomic E-state index is 13.7. The molecule has 0 spiro atoms. The van der Waals surface area contributed by atoms with Crippen LogP contribution in [0.2, 0.25) is 5.02 Å². The van der Waals surface area contributed by atoms with Gasteiger partial charge in [-0.3, -0.25) is 0 Å². The molecule has 0 heterocycles. The molecule has 0 fully saturated rings. The van der Waals surface area contributed by atoms with Gasteiger partial charge in [-0.1, -0.05) is 23.7 Å². The van der Waals surface area contributed by atoms with Gasteiger partial charge in [0, 0.05) is 11.6 Å². The molecule has 0 saturated heterocycles. The maximum Gasteiger partial charge on any atom is 0.243 e. The summed E-state index contributed by atoms with van der Waals surface area (Å²) in [6.45, 7) is 0.0294. The van der Waals surface area contributed by atoms with Crippen molar-refractivity contribution in [3.05, 3.63) is 58.9 Å². The fourth-order valence-corrected chi connectivity index (χ4v) is 2.97. The van der Waals surface area contributed by atoms with Gasteiger partial charge in [-0.05, 0) is 35.9 Å². The first kappa shape index (κ1) is 15.8. The minimum absolute atomic E-state index is 0.0294. The lowest BCUT2D eigenvalue weighted by atomic mass is 10.2. The zero-order valence-corrected chi connectivity index (χ0v) is 12.7. The van der Waals surface area contributed by atoms with E-state index >= 15 is 0 Å². The first-order valence-corrected chi connectivity index (χ1v) is 7.86. The predicted molar refractivity (Wildman–Crippen MR) is 78.4 cm³/mol. The molecule has 0 bridgehead atoms. The van der Waals surface area contributed by atoms with Gasteiger partial charge in [0.1, 0.15) is 16.5 Å². The summed E-state index contributed by atoms with van der Waals surface area (Å²) < 4.78 is 45.2. The fourth-order valence-electron chi connectivity index (χ4n) is 1.73. The van der Waals surface area contributed by atoms with E-state index in [2.05, 4.69) is 4.72 Å². The van der Waals surface area contributed by atoms with Gasteiger partial charge < -0.3 is 4.74 Å². The third kappa shape index (κ3) is 3.93. The molecule has 0 aromatic heterocycles. The number of rotatable bonds is 5. The summed E-state index contributed by atoms with van der Waals surface area (Å²) in [7, 11) is -2.43. The Hall–Kier alpha value is -1.63. The minimum atomic E-state index is -3.95. The smallest absolute Gasteiger partial charge is 0.243 e. The van der Waals surface area contributed by atoms with E-state index in [1.165, 1.54) is 13.2 Å². The zero-order chi connectivity index (χ0) is 15.5. The highest BCUT2D eigenvalue weighted by Crippen LogP contribution is 2.19. The number of hydrogen-bond donors (Lipinski definition) is 1. The van der Waals surface area contributed by atoms with Crippen LogP contribution in [0.25, 0.3) is 0 Å². The van der Waals surface area contributed by atoms with E-state index in [0.717, 1.165) is 12.1 Å². The van der Waals surface area contributed by atoms with E-state index in [1.807, 2.05) is 0 Å². The van der Waals surface area contributed by atoms with E-state index in [0.29, 0.717) is 11.3 Å². The molecule has 21 heavy (non-hydrogen) atoms. The molecule has 0 aliphatic heterocycles. The summed E-state index contributed by atoms with van der Waals surface area (Å²) in [4.78, 5) is -0.435. The molecule has 4 nitrogen and oxygen atoms in total. The lowest BCUT2D eigenvalue weighted by Crippen LogP contribution is -2.24. The van der Waals surface area contributed by atoms with Gasteiger partial charge in [-0.2, -0.15) is 0 Å². The number of nitrogens with one attached hydrogen (secondary N) is 1. The molecular weight excluding hydrogens is 317 g/mol. The van der Waals surface area contributed by atoms with E-state index in [1.54, 1.807) is 24.3 Å². The zero-order valence-electron chi connectivity index (χ0n) is 11.1. The van der Waals surface area contributed by atoms with Crippen LogP contribution in [0.4, 0.5) is 4.39 Å². The normalized spacial score (nSPS) is 11.4. The Kier molecular flexibility index (Phi) is 4.82. The van der Waals surface area contributed by atoms with Crippen molar-refractivity contribution in [3.8, 4) is 5.75 Å². The van der Waals surface area contributed by atoms with Crippen LogP contribution in [0.3, 0.4) is 0 Å². The van der Waals surface area contributed by atoms with Crippen LogP contribution in [0.5, 0.6) is 5.75 Å². The minimum Gasteiger partial charge on any atom is -0.497 e. The predicted octanol–water partition coefficient (Wildman–Crippen LogP) is 2.97. The molecule has 0 aliphatic rings. The fraction of sp³-hybridized carbons (Fsp3) is 0.143. The molecule has 2 aromatic carbocycles. The quantitative estimate of drug-likeness (QED) is 0.917. The van der Waals surface area contributed by atoms with Crippen LogP contribution in [0.15, 0.2) is 47.4 Å². The number of halogens is 2. The second-order valence-electron chi connectivity index (χ2n) is 4.25. The van der Waals surface area contributed by atoms with Crippen molar-refractivity contribution in [3.63, 3.8) is 0 Å². The van der Waals surface area contributed by atoms with Crippen molar-refractivity contribution < 1.29 is 17.5 Å². The molecule has 0 radical (unpaired) electrons. The first-order valence-electron chi connectivity index (χ1n) is 6.00. The van der Waals surface area contributed by atoms with Crippen LogP contribution in [0, 0.1) is 5.82 Å². The largest absolute Gasteiger partial charge is 0.497 e. The number of methoxy groups -OCH3 is 1. The van der Waals surface area contributed by atoms with E-state index in [4.69, 9.17) is 16.3 Å². The summed E-state index contributed by atoms with van der Waals surface area (Å²) in [5.41, 5.74) is 0.701. The van der Waals surface area contributed by atoms with Crippen molar-refractivity contribution in [1.82, 2.24) is 4.72 Å². The lowest BCUT2D eigenvalue weighted by molar-refractivity contribution is 0.414. The van der Waals surface area contributed by atoms with E-state index in [-0.39, 0.29) is 11.6 Å². The molecule has 0 amide bonds. The van der Waals surface area contributed by atoms with Gasteiger partial charge in [0.25, 0.3) is 0 Å². The van der Waals surface area contributed by atoms with Crippen LogP contribution in [-0.4, -0.2) is 15.5 Å². The van der Waals surface area contributed by atoms with Gasteiger partial charge in [-0.15, -0.1) is 0 Å². The van der Waals surface area contributed by atoms with E-state index < -0.39 is 20.7 Å². The molecule has 1 N–H and O–H groups in total. The Labute approximate surface area is 127 Å². The van der Waals surface area contributed by atoms with Gasteiger partial charge in [0.05, 0.1) is 7.11 Å². The first-order chi connectivity index (χ1) is 9.92. The summed E-state index contributed by atoms with van der Waals surface area (Å²) in [6, 6.07) is 10.3. The summed E-state index contributed by atoms with van der Waals surface area (Å²) in [6.07, 6.45) is 0. The Morgan fingerprint density at radius 3 is 2.67 bits per heavy atom. The number of sulfonamides is 1. The van der Waals surface area contributed by atoms with Crippen molar-refractivity contribution in [2.24, 2.45) is 0 Å². The molecule has 0 atom stereocenters. The molecule has 112 valence electrons. The second-order valence-corrected chi connectivity index (χ2v) is 6.42. The Morgan fingerprint density at radius 1 is 1.24 bits per heavy atom. The number of ether oxygens (including phenoxy) is 1. The average Bonchev–Trinajstić information content (AvgIpc) is 2.45. The number of hydrogen-bond acceptors (Lipinski definition) is 3. The van der Waals surface area contributed by atoms with Crippen LogP contribution < -0.4 is 9.46 Å². The average molecular weight is 330 g/mol. The van der Waals surface area contributed by atoms with Gasteiger partial charge >= 0.3 is 0 Å². The van der Waals surface area contributed by atoms with Gasteiger partial charge in [0.2, 0.25) is 10.0 Å². The molecule has 2 rings (SSSR count). The Morgan fingerprint density at radius 2 is 2.00 bits per heavy atom. The summed E-state index contributed by atoms with van der Waals surface area (Å²) >= 11 is 5.60. The molecule has 0 unspecified atom stereocenters. The molecule has 7 heteroatoms. The Balaban J connectivity index is 2.17. The van der Waals surface area contributed by atoms with E-state index in [9.17, 15) is 12.8 Å². The Bertz CT molecular complexity index is 750. The standard InChI is InChI=1S/C14H13ClFNO3S/c1-20-12-4-2-3-10(7-12)9-17-21(18,19)14-6-5-11(15)8-13(14)16/h2-8,17H,9H2,1H3. The SMILES string of the molecule is COc1cccc(CNS(=O)(=O)c2ccc(Cl)cc2F)c1. The highest BCUT2D eigenvalue weighted by molar-refractivity contribution is 7.89. The molecule has 2 aromatic rings. The molecule has 0 saturated carbocycles. The van der Waals surface area contributed by atoms with Crippen molar-refractivity contribution >= 4 is 21.6 Å². The van der Waals surface area contributed by atoms with Crippen LogP contribution >= 0.6 is 11.6 Å². The topological polar surface area (TPSA) is 55.4 Å². The van der Waals surface area contributed by atoms with Crippen molar-refractivity contribution in [1.29, 1.82) is 0 Å². The van der Waals surface area contributed by atoms with Gasteiger partial charge in [0.15, 0.2) is 0 Å². The lowest BCUT2D eigenvalue weighted by Gasteiger charge is -2.09. The second kappa shape index (κ2) is 6.43. The van der Waals surface area contributed by atoms with Crippen LogP contribution in [-0.2, 0) is 16.6 Å². The maximum absolute atomic E-state index is 13.7. The van der Waals surface area contributed by atoms with Gasteiger partial charge in [-0.25, -0.2) is 17.5 Å². The molecular formula is C14H13ClFNO3S.